The van der Waals surface area contributed by atoms with Gasteiger partial charge in [0.1, 0.15) is 6.10 Å². The highest BCUT2D eigenvalue weighted by molar-refractivity contribution is 6.76. The summed E-state index contributed by atoms with van der Waals surface area (Å²) in [5, 5.41) is 7.44. The van der Waals surface area contributed by atoms with E-state index in [1.54, 1.807) is 0 Å². The second-order valence-electron chi connectivity index (χ2n) is 4.21. The monoisotopic (exact) mass is 269 g/mol. The molecule has 0 aliphatic carbocycles. The van der Waals surface area contributed by atoms with Gasteiger partial charge in [-0.05, 0) is 5.41 Å². The number of ether oxygens (including phenoxy) is 1. The van der Waals surface area contributed by atoms with E-state index in [0.717, 1.165) is 0 Å². The minimum absolute atomic E-state index is 0.214. The lowest BCUT2D eigenvalue weighted by molar-refractivity contribution is 0.0768. The average molecular weight is 271 g/mol. The molecule has 0 bridgehead atoms. The molecule has 0 rings (SSSR count). The second kappa shape index (κ2) is 5.30. The Kier molecular flexibility index (Phi) is 5.26. The van der Waals surface area contributed by atoms with Gasteiger partial charge in [-0.25, -0.2) is 0 Å². The first-order valence-electron chi connectivity index (χ1n) is 4.35. The van der Waals surface area contributed by atoms with Crippen LogP contribution in [0, 0.1) is 23.2 Å². The molecule has 0 amide bonds. The van der Waals surface area contributed by atoms with Crippen molar-refractivity contribution in [2.45, 2.75) is 37.1 Å². The first kappa shape index (κ1) is 14.9. The summed E-state index contributed by atoms with van der Waals surface area (Å²) in [7, 11) is 0. The number of rotatable bonds is 2. The molecule has 0 aliphatic rings. The van der Waals surface area contributed by atoms with Gasteiger partial charge in [0.15, 0.2) is 0 Å². The van der Waals surface area contributed by atoms with Crippen molar-refractivity contribution in [3.63, 3.8) is 0 Å². The van der Waals surface area contributed by atoms with E-state index in [-0.39, 0.29) is 11.5 Å². The van der Waals surface area contributed by atoms with E-state index < -0.39 is 9.69 Å². The molecule has 0 aromatic rings. The largest absolute Gasteiger partial charge is 0.473 e. The average Bonchev–Trinajstić information content (AvgIpc) is 1.99. The first-order valence-corrected chi connectivity index (χ1v) is 5.48. The van der Waals surface area contributed by atoms with Gasteiger partial charge in [0.05, 0.1) is 0 Å². The van der Waals surface area contributed by atoms with E-state index in [0.29, 0.717) is 6.42 Å². The maximum Gasteiger partial charge on any atom is 0.265 e. The zero-order chi connectivity index (χ0) is 12.3. The molecule has 0 aliphatic heterocycles. The number of terminal acetylenes is 1. The Morgan fingerprint density at radius 2 is 1.87 bits per heavy atom. The van der Waals surface area contributed by atoms with Gasteiger partial charge in [-0.2, -0.15) is 0 Å². The van der Waals surface area contributed by atoms with E-state index >= 15 is 0 Å². The smallest absolute Gasteiger partial charge is 0.265 e. The molecular formula is C10H14Cl3NO. The Labute approximate surface area is 106 Å². The van der Waals surface area contributed by atoms with Gasteiger partial charge in [-0.1, -0.05) is 55.6 Å². The lowest BCUT2D eigenvalue weighted by Gasteiger charge is -2.31. The van der Waals surface area contributed by atoms with Crippen molar-refractivity contribution < 1.29 is 4.74 Å². The topological polar surface area (TPSA) is 33.1 Å². The fraction of sp³-hybridized carbons (Fsp3) is 0.700. The molecule has 86 valence electrons. The third kappa shape index (κ3) is 5.51. The highest BCUT2D eigenvalue weighted by Crippen LogP contribution is 2.32. The number of halogens is 3. The van der Waals surface area contributed by atoms with E-state index in [4.69, 9.17) is 51.4 Å². The molecule has 5 heteroatoms. The Morgan fingerprint density at radius 1 is 1.40 bits per heavy atom. The van der Waals surface area contributed by atoms with Gasteiger partial charge in [-0.15, -0.1) is 12.3 Å². The van der Waals surface area contributed by atoms with Crippen LogP contribution in [0.25, 0.3) is 0 Å². The predicted molar refractivity (Wildman–Crippen MR) is 65.8 cm³/mol. The van der Waals surface area contributed by atoms with Gasteiger partial charge < -0.3 is 4.74 Å². The van der Waals surface area contributed by atoms with Crippen LogP contribution < -0.4 is 0 Å². The van der Waals surface area contributed by atoms with Crippen molar-refractivity contribution in [3.8, 4) is 12.3 Å². The third-order valence-corrected chi connectivity index (χ3v) is 2.30. The normalized spacial score (nSPS) is 14.2. The molecule has 0 aromatic heterocycles. The van der Waals surface area contributed by atoms with Crippen LogP contribution in [-0.4, -0.2) is 15.8 Å². The second-order valence-corrected chi connectivity index (χ2v) is 6.49. The molecule has 0 radical (unpaired) electrons. The van der Waals surface area contributed by atoms with Crippen molar-refractivity contribution in [2.24, 2.45) is 5.41 Å². The maximum atomic E-state index is 7.44. The van der Waals surface area contributed by atoms with Gasteiger partial charge in [0.25, 0.3) is 3.79 Å². The van der Waals surface area contributed by atoms with Crippen LogP contribution >= 0.6 is 34.8 Å². The molecule has 15 heavy (non-hydrogen) atoms. The highest BCUT2D eigenvalue weighted by atomic mass is 35.6. The zero-order valence-electron chi connectivity index (χ0n) is 8.90. The minimum atomic E-state index is -1.84. The number of hydrogen-bond acceptors (Lipinski definition) is 2. The highest BCUT2D eigenvalue weighted by Gasteiger charge is 2.34. The quantitative estimate of drug-likeness (QED) is 0.352. The summed E-state index contributed by atoms with van der Waals surface area (Å²) in [6.45, 7) is 5.84. The molecular weight excluding hydrogens is 256 g/mol. The predicted octanol–water partition coefficient (Wildman–Crippen LogP) is 3.79. The van der Waals surface area contributed by atoms with Gasteiger partial charge in [0, 0.05) is 6.42 Å². The molecule has 0 heterocycles. The third-order valence-electron chi connectivity index (χ3n) is 1.79. The minimum Gasteiger partial charge on any atom is -0.473 e. The molecule has 0 spiro atoms. The summed E-state index contributed by atoms with van der Waals surface area (Å²) in [6.07, 6.45) is 5.24. The molecule has 1 N–H and O–H groups in total. The van der Waals surface area contributed by atoms with Crippen LogP contribution in [0.4, 0.5) is 0 Å². The molecule has 2 nitrogen and oxygen atoms in total. The Hall–Kier alpha value is -0.100. The van der Waals surface area contributed by atoms with Crippen molar-refractivity contribution in [1.29, 1.82) is 5.41 Å². The number of nitrogens with one attached hydrogen (secondary N) is 1. The van der Waals surface area contributed by atoms with Crippen molar-refractivity contribution in [3.05, 3.63) is 0 Å². The lowest BCUT2D eigenvalue weighted by atomic mass is 9.87. The summed E-state index contributed by atoms with van der Waals surface area (Å²) in [5.74, 6) is 2.08. The van der Waals surface area contributed by atoms with Crippen molar-refractivity contribution in [1.82, 2.24) is 0 Å². The molecule has 0 saturated carbocycles. The van der Waals surface area contributed by atoms with Gasteiger partial charge >= 0.3 is 0 Å². The van der Waals surface area contributed by atoms with Crippen molar-refractivity contribution >= 4 is 40.7 Å². The zero-order valence-corrected chi connectivity index (χ0v) is 11.2. The molecule has 0 saturated heterocycles. The van der Waals surface area contributed by atoms with Crippen LogP contribution in [0.2, 0.25) is 0 Å². The molecule has 0 fully saturated rings. The fourth-order valence-corrected chi connectivity index (χ4v) is 0.974. The number of alkyl halides is 3. The Morgan fingerprint density at radius 3 is 2.13 bits per heavy atom. The van der Waals surface area contributed by atoms with Crippen LogP contribution in [0.15, 0.2) is 0 Å². The summed E-state index contributed by atoms with van der Waals surface area (Å²) < 4.78 is 3.43. The fourth-order valence-electron chi connectivity index (χ4n) is 0.841. The van der Waals surface area contributed by atoms with Crippen LogP contribution in [0.1, 0.15) is 27.2 Å². The van der Waals surface area contributed by atoms with Gasteiger partial charge in [-0.3, -0.25) is 5.41 Å². The Balaban J connectivity index is 4.59. The summed E-state index contributed by atoms with van der Waals surface area (Å²) in [5.41, 5.74) is -0.214. The van der Waals surface area contributed by atoms with E-state index in [9.17, 15) is 0 Å². The summed E-state index contributed by atoms with van der Waals surface area (Å²) >= 11 is 16.5. The maximum absolute atomic E-state index is 7.44. The van der Waals surface area contributed by atoms with E-state index in [2.05, 4.69) is 5.92 Å². The Bertz CT molecular complexity index is 270. The summed E-state index contributed by atoms with van der Waals surface area (Å²) in [4.78, 5) is 0. The van der Waals surface area contributed by atoms with Crippen LogP contribution in [-0.2, 0) is 4.74 Å². The lowest BCUT2D eigenvalue weighted by Crippen LogP contribution is -2.35. The van der Waals surface area contributed by atoms with Crippen LogP contribution in [0.5, 0.6) is 0 Å². The SMILES string of the molecule is C#CCC(OC(=N)C(Cl)(Cl)Cl)C(C)(C)C. The first-order chi connectivity index (χ1) is 6.59. The molecule has 0 aromatic carbocycles. The van der Waals surface area contributed by atoms with Gasteiger partial charge in [0.2, 0.25) is 5.90 Å². The van der Waals surface area contributed by atoms with E-state index in [1.165, 1.54) is 0 Å². The summed E-state index contributed by atoms with van der Waals surface area (Å²) in [6, 6.07) is 0. The number of hydrogen-bond donors (Lipinski definition) is 1. The van der Waals surface area contributed by atoms with Crippen molar-refractivity contribution in [2.75, 3.05) is 0 Å². The van der Waals surface area contributed by atoms with Crippen LogP contribution in [0.3, 0.4) is 0 Å². The molecule has 1 atom stereocenters. The standard InChI is InChI=1S/C10H14Cl3NO/c1-5-6-7(9(2,3)4)15-8(14)10(11,12)13/h1,7,14H,6H2,2-4H3. The molecule has 1 unspecified atom stereocenters. The van der Waals surface area contributed by atoms with E-state index in [1.807, 2.05) is 20.8 Å².